The van der Waals surface area contributed by atoms with Crippen LogP contribution in [-0.4, -0.2) is 47.5 Å². The molecule has 0 bridgehead atoms. The van der Waals surface area contributed by atoms with Crippen molar-refractivity contribution in [2.45, 2.75) is 63.0 Å². The van der Waals surface area contributed by atoms with Crippen LogP contribution in [0.3, 0.4) is 0 Å². The molecule has 102 valence electrons. The zero-order valence-electron chi connectivity index (χ0n) is 10.8. The van der Waals surface area contributed by atoms with Crippen molar-refractivity contribution in [3.05, 3.63) is 0 Å². The molecule has 0 spiro atoms. The zero-order chi connectivity index (χ0) is 13.0. The van der Waals surface area contributed by atoms with Gasteiger partial charge in [0.25, 0.3) is 0 Å². The third-order valence-electron chi connectivity index (χ3n) is 4.10. The Morgan fingerprint density at radius 1 is 1.17 bits per heavy atom. The van der Waals surface area contributed by atoms with E-state index in [9.17, 15) is 4.79 Å². The summed E-state index contributed by atoms with van der Waals surface area (Å²) in [5.41, 5.74) is 0. The number of rotatable bonds is 5. The van der Waals surface area contributed by atoms with Gasteiger partial charge in [0.15, 0.2) is 5.78 Å². The average Bonchev–Trinajstić information content (AvgIpc) is 2.87. The first-order valence-corrected chi connectivity index (χ1v) is 7.05. The first kappa shape index (κ1) is 14.0. The minimum absolute atomic E-state index is 0.142. The predicted octanol–water partition coefficient (Wildman–Crippen LogP) is -0.390. The van der Waals surface area contributed by atoms with Crippen molar-refractivity contribution >= 4 is 12.9 Å². The molecule has 2 rings (SSSR count). The number of nitrogens with one attached hydrogen (secondary N) is 2. The van der Waals surface area contributed by atoms with Gasteiger partial charge in [0.05, 0.1) is 12.6 Å². The van der Waals surface area contributed by atoms with E-state index >= 15 is 0 Å². The monoisotopic (exact) mass is 254 g/mol. The van der Waals surface area contributed by atoms with Crippen LogP contribution in [0, 0.1) is 0 Å². The number of Topliss-reactive ketones (excluding diaryl/α,β-unsaturated/α-hetero) is 1. The summed E-state index contributed by atoms with van der Waals surface area (Å²) < 4.78 is 0. The molecule has 2 fully saturated rings. The minimum atomic E-state index is -1.37. The van der Waals surface area contributed by atoms with Gasteiger partial charge in [0, 0.05) is 12.0 Å². The van der Waals surface area contributed by atoms with E-state index in [1.54, 1.807) is 0 Å². The summed E-state index contributed by atoms with van der Waals surface area (Å²) in [7, 11) is -1.37. The summed E-state index contributed by atoms with van der Waals surface area (Å²) in [5, 5.41) is 24.4. The first-order chi connectivity index (χ1) is 8.66. The third-order valence-corrected chi connectivity index (χ3v) is 4.10. The Hall–Kier alpha value is -0.425. The van der Waals surface area contributed by atoms with Gasteiger partial charge in [-0.25, -0.2) is 0 Å². The van der Waals surface area contributed by atoms with Crippen LogP contribution in [0.1, 0.15) is 44.9 Å². The molecule has 0 amide bonds. The predicted molar refractivity (Wildman–Crippen MR) is 70.0 cm³/mol. The van der Waals surface area contributed by atoms with E-state index in [0.717, 1.165) is 0 Å². The van der Waals surface area contributed by atoms with Crippen molar-refractivity contribution < 1.29 is 14.8 Å². The van der Waals surface area contributed by atoms with E-state index in [2.05, 4.69) is 10.6 Å². The van der Waals surface area contributed by atoms with Crippen LogP contribution in [0.2, 0.25) is 0 Å². The molecule has 1 saturated heterocycles. The maximum atomic E-state index is 12.0. The van der Waals surface area contributed by atoms with Crippen LogP contribution in [-0.2, 0) is 4.79 Å². The summed E-state index contributed by atoms with van der Waals surface area (Å²) in [6.45, 7) is 0.399. The summed E-state index contributed by atoms with van der Waals surface area (Å²) in [6, 6.07) is 0.274. The fourth-order valence-electron chi connectivity index (χ4n) is 2.94. The molecule has 0 aromatic rings. The Bertz CT molecular complexity index is 282. The van der Waals surface area contributed by atoms with Crippen LogP contribution in [0.15, 0.2) is 0 Å². The highest BCUT2D eigenvalue weighted by Gasteiger charge is 2.35. The van der Waals surface area contributed by atoms with Crippen LogP contribution in [0.25, 0.3) is 0 Å². The molecule has 5 nitrogen and oxygen atoms in total. The Labute approximate surface area is 108 Å². The molecule has 0 aromatic heterocycles. The van der Waals surface area contributed by atoms with Crippen molar-refractivity contribution in [3.8, 4) is 0 Å². The van der Waals surface area contributed by atoms with Gasteiger partial charge >= 0.3 is 7.12 Å². The van der Waals surface area contributed by atoms with Crippen molar-refractivity contribution in [1.29, 1.82) is 0 Å². The molecule has 2 aliphatic rings. The van der Waals surface area contributed by atoms with Crippen molar-refractivity contribution in [3.63, 3.8) is 0 Å². The highest BCUT2D eigenvalue weighted by Crippen LogP contribution is 2.18. The maximum Gasteiger partial charge on any atom is 0.469 e. The van der Waals surface area contributed by atoms with Gasteiger partial charge in [0.1, 0.15) is 0 Å². The molecule has 1 aliphatic carbocycles. The van der Waals surface area contributed by atoms with E-state index in [1.165, 1.54) is 32.1 Å². The van der Waals surface area contributed by atoms with Gasteiger partial charge in [-0.15, -0.1) is 0 Å². The van der Waals surface area contributed by atoms with Crippen LogP contribution < -0.4 is 10.6 Å². The summed E-state index contributed by atoms with van der Waals surface area (Å²) in [4.78, 5) is 12.0. The van der Waals surface area contributed by atoms with Crippen molar-refractivity contribution in [1.82, 2.24) is 10.6 Å². The number of carbonyl (C=O) groups is 1. The van der Waals surface area contributed by atoms with Gasteiger partial charge in [-0.05, 0) is 25.7 Å². The Morgan fingerprint density at radius 3 is 2.50 bits per heavy atom. The molecular formula is C12H23BN2O3. The second kappa shape index (κ2) is 6.66. The largest absolute Gasteiger partial charge is 0.469 e. The van der Waals surface area contributed by atoms with E-state index in [4.69, 9.17) is 10.0 Å². The smallest absolute Gasteiger partial charge is 0.426 e. The lowest BCUT2D eigenvalue weighted by Gasteiger charge is -2.23. The average molecular weight is 254 g/mol. The van der Waals surface area contributed by atoms with E-state index in [0.29, 0.717) is 25.4 Å². The molecule has 2 atom stereocenters. The molecule has 1 heterocycles. The van der Waals surface area contributed by atoms with Crippen LogP contribution in [0.5, 0.6) is 0 Å². The molecule has 0 radical (unpaired) electrons. The van der Waals surface area contributed by atoms with Gasteiger partial charge in [-0.3, -0.25) is 4.79 Å². The second-order valence-electron chi connectivity index (χ2n) is 5.50. The first-order valence-electron chi connectivity index (χ1n) is 7.05. The lowest BCUT2D eigenvalue weighted by atomic mass is 9.79. The van der Waals surface area contributed by atoms with Crippen LogP contribution >= 0.6 is 0 Å². The molecule has 6 heteroatoms. The number of ketones is 1. The van der Waals surface area contributed by atoms with E-state index < -0.39 is 7.12 Å². The van der Waals surface area contributed by atoms with Gasteiger partial charge in [-0.1, -0.05) is 19.3 Å². The van der Waals surface area contributed by atoms with Crippen LogP contribution in [0.4, 0.5) is 0 Å². The van der Waals surface area contributed by atoms with Crippen molar-refractivity contribution in [2.75, 3.05) is 6.54 Å². The zero-order valence-corrected chi connectivity index (χ0v) is 10.8. The number of hydrogen-bond acceptors (Lipinski definition) is 5. The fourth-order valence-corrected chi connectivity index (χ4v) is 2.94. The lowest BCUT2D eigenvalue weighted by molar-refractivity contribution is -0.120. The molecule has 1 aliphatic heterocycles. The highest BCUT2D eigenvalue weighted by molar-refractivity contribution is 6.43. The SMILES string of the molecule is O=C(CNC1CCCCC1)C1CC[C@@H](B(O)O)N1. The summed E-state index contributed by atoms with van der Waals surface area (Å²) >= 11 is 0. The van der Waals surface area contributed by atoms with Gasteiger partial charge in [-0.2, -0.15) is 0 Å². The Morgan fingerprint density at radius 2 is 1.89 bits per heavy atom. The second-order valence-corrected chi connectivity index (χ2v) is 5.50. The maximum absolute atomic E-state index is 12.0. The highest BCUT2D eigenvalue weighted by atomic mass is 16.4. The summed E-state index contributed by atoms with van der Waals surface area (Å²) in [6.07, 6.45) is 7.52. The van der Waals surface area contributed by atoms with Gasteiger partial charge < -0.3 is 20.7 Å². The Balaban J connectivity index is 1.68. The molecule has 1 saturated carbocycles. The normalized spacial score (nSPS) is 29.4. The Kier molecular flexibility index (Phi) is 5.18. The lowest BCUT2D eigenvalue weighted by Crippen LogP contribution is -2.47. The molecule has 4 N–H and O–H groups in total. The fraction of sp³-hybridized carbons (Fsp3) is 0.917. The van der Waals surface area contributed by atoms with E-state index in [-0.39, 0.29) is 17.8 Å². The molecule has 1 unspecified atom stereocenters. The molecular weight excluding hydrogens is 231 g/mol. The van der Waals surface area contributed by atoms with Gasteiger partial charge in [0.2, 0.25) is 0 Å². The molecule has 0 aromatic carbocycles. The number of hydrogen-bond donors (Lipinski definition) is 4. The molecule has 18 heavy (non-hydrogen) atoms. The standard InChI is InChI=1S/C12H23BN2O3/c16-11(8-14-9-4-2-1-3-5-9)10-6-7-12(15-10)13(17)18/h9-10,12,14-15,17-18H,1-8H2/t10?,12-/m0/s1. The van der Waals surface area contributed by atoms with E-state index in [1.807, 2.05) is 0 Å². The topological polar surface area (TPSA) is 81.6 Å². The van der Waals surface area contributed by atoms with Crippen molar-refractivity contribution in [2.24, 2.45) is 0 Å². The summed E-state index contributed by atoms with van der Waals surface area (Å²) in [5.74, 6) is -0.211. The quantitative estimate of drug-likeness (QED) is 0.502. The third kappa shape index (κ3) is 3.78. The number of carbonyl (C=O) groups excluding carboxylic acids is 1. The minimum Gasteiger partial charge on any atom is -0.426 e.